The van der Waals surface area contributed by atoms with Crippen molar-refractivity contribution in [3.63, 3.8) is 0 Å². The number of fused-ring (bicyclic) bond motifs is 1. The van der Waals surface area contributed by atoms with Crippen molar-refractivity contribution >= 4 is 10.0 Å². The van der Waals surface area contributed by atoms with Gasteiger partial charge >= 0.3 is 0 Å². The Morgan fingerprint density at radius 3 is 3.00 bits per heavy atom. The summed E-state index contributed by atoms with van der Waals surface area (Å²) in [4.78, 5) is 4.36. The molecular formula is C13H22N4O2S. The molecule has 1 fully saturated rings. The fourth-order valence-corrected chi connectivity index (χ4v) is 4.61. The molecule has 6 nitrogen and oxygen atoms in total. The molecule has 0 spiro atoms. The smallest absolute Gasteiger partial charge is 0.262 e. The Bertz CT molecular complexity index is 558. The minimum atomic E-state index is -3.41. The third-order valence-corrected chi connectivity index (χ3v) is 5.97. The zero-order valence-electron chi connectivity index (χ0n) is 11.9. The third-order valence-electron chi connectivity index (χ3n) is 4.23. The van der Waals surface area contributed by atoms with Crippen LogP contribution in [0.25, 0.3) is 0 Å². The lowest BCUT2D eigenvalue weighted by atomic mass is 10.1. The molecule has 1 aromatic heterocycles. The van der Waals surface area contributed by atoms with Crippen molar-refractivity contribution < 1.29 is 8.42 Å². The second kappa shape index (κ2) is 5.46. The second-order valence-electron chi connectivity index (χ2n) is 5.72. The Hall–Kier alpha value is -0.920. The molecule has 1 unspecified atom stereocenters. The fourth-order valence-electron chi connectivity index (χ4n) is 3.11. The van der Waals surface area contributed by atoms with Crippen molar-refractivity contribution in [1.29, 1.82) is 0 Å². The van der Waals surface area contributed by atoms with Crippen molar-refractivity contribution in [2.75, 3.05) is 26.7 Å². The van der Waals surface area contributed by atoms with Gasteiger partial charge in [0.15, 0.2) is 5.03 Å². The van der Waals surface area contributed by atoms with E-state index in [1.807, 2.05) is 11.6 Å². The van der Waals surface area contributed by atoms with E-state index in [0.29, 0.717) is 19.0 Å². The molecule has 0 aliphatic carbocycles. The molecule has 0 bridgehead atoms. The highest BCUT2D eigenvalue weighted by Crippen LogP contribution is 2.25. The van der Waals surface area contributed by atoms with E-state index in [-0.39, 0.29) is 5.03 Å². The van der Waals surface area contributed by atoms with Crippen molar-refractivity contribution in [3.05, 3.63) is 12.0 Å². The van der Waals surface area contributed by atoms with Gasteiger partial charge in [0.25, 0.3) is 10.0 Å². The molecule has 7 heteroatoms. The average molecular weight is 298 g/mol. The molecule has 1 saturated heterocycles. The zero-order valence-corrected chi connectivity index (χ0v) is 12.7. The Labute approximate surface area is 120 Å². The number of hydrogen-bond acceptors (Lipinski definition) is 4. The van der Waals surface area contributed by atoms with Crippen LogP contribution in [0.2, 0.25) is 0 Å². The largest absolute Gasteiger partial charge is 0.333 e. The molecule has 0 radical (unpaired) electrons. The van der Waals surface area contributed by atoms with Crippen LogP contribution in [0.4, 0.5) is 0 Å². The van der Waals surface area contributed by atoms with Crippen molar-refractivity contribution in [2.45, 2.75) is 37.3 Å². The summed E-state index contributed by atoms with van der Waals surface area (Å²) in [5, 5.41) is 3.36. The van der Waals surface area contributed by atoms with Gasteiger partial charge in [0.1, 0.15) is 5.82 Å². The number of nitrogens with one attached hydrogen (secondary N) is 1. The maximum Gasteiger partial charge on any atom is 0.262 e. The Morgan fingerprint density at radius 1 is 1.40 bits per heavy atom. The fraction of sp³-hybridized carbons (Fsp3) is 0.769. The zero-order chi connectivity index (χ0) is 14.2. The molecule has 3 rings (SSSR count). The van der Waals surface area contributed by atoms with Gasteiger partial charge < -0.3 is 9.88 Å². The standard InChI is InChI=1S/C13H22N4O2S/c1-14-8-11-5-7-17(9-11)20(18,19)13-10-16-6-3-2-4-12(16)15-13/h10-11,14H,2-9H2,1H3. The van der Waals surface area contributed by atoms with Crippen molar-refractivity contribution in [3.8, 4) is 0 Å². The summed E-state index contributed by atoms with van der Waals surface area (Å²) in [5.41, 5.74) is 0. The topological polar surface area (TPSA) is 67.2 Å². The molecule has 1 aromatic rings. The van der Waals surface area contributed by atoms with Crippen LogP contribution in [0.3, 0.4) is 0 Å². The van der Waals surface area contributed by atoms with Gasteiger partial charge in [0, 0.05) is 32.3 Å². The summed E-state index contributed by atoms with van der Waals surface area (Å²) in [6.07, 6.45) is 5.74. The van der Waals surface area contributed by atoms with Gasteiger partial charge in [-0.05, 0) is 38.8 Å². The Morgan fingerprint density at radius 2 is 2.25 bits per heavy atom. The first kappa shape index (κ1) is 14.0. The van der Waals surface area contributed by atoms with Gasteiger partial charge in [0.2, 0.25) is 0 Å². The number of imidazole rings is 1. The first-order valence-corrected chi connectivity index (χ1v) is 8.76. The molecule has 3 heterocycles. The predicted octanol–water partition coefficient (Wildman–Crippen LogP) is 0.449. The minimum Gasteiger partial charge on any atom is -0.333 e. The highest BCUT2D eigenvalue weighted by molar-refractivity contribution is 7.89. The molecule has 0 aromatic carbocycles. The van der Waals surface area contributed by atoms with E-state index >= 15 is 0 Å². The first-order chi connectivity index (χ1) is 9.61. The van der Waals surface area contributed by atoms with Gasteiger partial charge in [-0.25, -0.2) is 13.4 Å². The van der Waals surface area contributed by atoms with Crippen LogP contribution in [0.15, 0.2) is 11.2 Å². The van der Waals surface area contributed by atoms with Gasteiger partial charge in [-0.2, -0.15) is 4.31 Å². The number of hydrogen-bond donors (Lipinski definition) is 1. The summed E-state index contributed by atoms with van der Waals surface area (Å²) in [5.74, 6) is 1.33. The van der Waals surface area contributed by atoms with Crippen LogP contribution in [-0.4, -0.2) is 49.0 Å². The summed E-state index contributed by atoms with van der Waals surface area (Å²) >= 11 is 0. The second-order valence-corrected chi connectivity index (χ2v) is 7.61. The summed E-state index contributed by atoms with van der Waals surface area (Å²) in [6, 6.07) is 0. The van der Waals surface area contributed by atoms with Gasteiger partial charge in [-0.1, -0.05) is 0 Å². The third kappa shape index (κ3) is 2.49. The SMILES string of the molecule is CNCC1CCN(S(=O)(=O)c2cn3c(n2)CCCC3)C1. The minimum absolute atomic E-state index is 0.236. The van der Waals surface area contributed by atoms with Crippen LogP contribution in [0.1, 0.15) is 25.1 Å². The summed E-state index contributed by atoms with van der Waals surface area (Å²) < 4.78 is 28.8. The van der Waals surface area contributed by atoms with Crippen LogP contribution >= 0.6 is 0 Å². The van der Waals surface area contributed by atoms with E-state index in [1.54, 1.807) is 10.5 Å². The number of rotatable bonds is 4. The van der Waals surface area contributed by atoms with Crippen molar-refractivity contribution in [1.82, 2.24) is 19.2 Å². The number of aromatic nitrogens is 2. The maximum absolute atomic E-state index is 12.6. The molecular weight excluding hydrogens is 276 g/mol. The van der Waals surface area contributed by atoms with E-state index in [1.165, 1.54) is 0 Å². The van der Waals surface area contributed by atoms with Crippen LogP contribution < -0.4 is 5.32 Å². The Balaban J connectivity index is 1.80. The average Bonchev–Trinajstić information content (AvgIpc) is 3.05. The molecule has 1 atom stereocenters. The van der Waals surface area contributed by atoms with E-state index < -0.39 is 10.0 Å². The predicted molar refractivity (Wildman–Crippen MR) is 76.0 cm³/mol. The van der Waals surface area contributed by atoms with E-state index in [4.69, 9.17) is 0 Å². The monoisotopic (exact) mass is 298 g/mol. The first-order valence-electron chi connectivity index (χ1n) is 7.32. The molecule has 1 N–H and O–H groups in total. The van der Waals surface area contributed by atoms with Crippen LogP contribution in [-0.2, 0) is 23.0 Å². The summed E-state index contributed by atoms with van der Waals surface area (Å²) in [6.45, 7) is 2.97. The molecule has 0 saturated carbocycles. The Kier molecular flexibility index (Phi) is 3.83. The lowest BCUT2D eigenvalue weighted by molar-refractivity contribution is 0.449. The van der Waals surface area contributed by atoms with E-state index in [9.17, 15) is 8.42 Å². The molecule has 2 aliphatic heterocycles. The van der Waals surface area contributed by atoms with E-state index in [2.05, 4.69) is 10.3 Å². The summed E-state index contributed by atoms with van der Waals surface area (Å²) in [7, 11) is -1.51. The number of sulfonamides is 1. The molecule has 0 amide bonds. The maximum atomic E-state index is 12.6. The molecule has 2 aliphatic rings. The lowest BCUT2D eigenvalue weighted by Crippen LogP contribution is -2.30. The van der Waals surface area contributed by atoms with Gasteiger partial charge in [-0.15, -0.1) is 0 Å². The van der Waals surface area contributed by atoms with Gasteiger partial charge in [0.05, 0.1) is 0 Å². The van der Waals surface area contributed by atoms with E-state index in [0.717, 1.165) is 44.6 Å². The normalized spacial score (nSPS) is 23.9. The highest BCUT2D eigenvalue weighted by atomic mass is 32.2. The molecule has 20 heavy (non-hydrogen) atoms. The number of aryl methyl sites for hydroxylation is 2. The highest BCUT2D eigenvalue weighted by Gasteiger charge is 2.34. The molecule has 112 valence electrons. The van der Waals surface area contributed by atoms with Crippen molar-refractivity contribution in [2.24, 2.45) is 5.92 Å². The van der Waals surface area contributed by atoms with Gasteiger partial charge in [-0.3, -0.25) is 0 Å². The lowest BCUT2D eigenvalue weighted by Gasteiger charge is -2.14. The quantitative estimate of drug-likeness (QED) is 0.876. The number of nitrogens with zero attached hydrogens (tertiary/aromatic N) is 3. The van der Waals surface area contributed by atoms with Crippen LogP contribution in [0.5, 0.6) is 0 Å². The van der Waals surface area contributed by atoms with Crippen LogP contribution in [0, 0.1) is 5.92 Å².